The van der Waals surface area contributed by atoms with Gasteiger partial charge in [-0.2, -0.15) is 13.2 Å². The molecule has 3 heterocycles. The number of carbonyl (C=O) groups excluding carboxylic acids is 2. The Kier molecular flexibility index (Phi) is 6.35. The summed E-state index contributed by atoms with van der Waals surface area (Å²) in [5.74, 6) is -0.557. The van der Waals surface area contributed by atoms with Crippen LogP contribution in [0.2, 0.25) is 0 Å². The van der Waals surface area contributed by atoms with Gasteiger partial charge in [-0.1, -0.05) is 12.1 Å². The van der Waals surface area contributed by atoms with Gasteiger partial charge in [-0.15, -0.1) is 0 Å². The number of rotatable bonds is 5. The van der Waals surface area contributed by atoms with Crippen molar-refractivity contribution in [1.82, 2.24) is 24.9 Å². The maximum Gasteiger partial charge on any atom is 0.416 e. The summed E-state index contributed by atoms with van der Waals surface area (Å²) in [6.07, 6.45) is -3.04. The summed E-state index contributed by atoms with van der Waals surface area (Å²) in [5.41, 5.74) is 1.34. The Bertz CT molecular complexity index is 1510. The van der Waals surface area contributed by atoms with E-state index in [9.17, 15) is 27.6 Å². The van der Waals surface area contributed by atoms with Crippen molar-refractivity contribution in [2.45, 2.75) is 33.0 Å². The number of halogens is 3. The van der Waals surface area contributed by atoms with Crippen LogP contribution in [0.1, 0.15) is 25.1 Å². The van der Waals surface area contributed by atoms with E-state index in [0.717, 1.165) is 12.1 Å². The van der Waals surface area contributed by atoms with Crippen molar-refractivity contribution in [3.8, 4) is 22.4 Å². The van der Waals surface area contributed by atoms with Crippen molar-refractivity contribution in [2.24, 2.45) is 0 Å². The highest BCUT2D eigenvalue weighted by atomic mass is 19.4. The highest BCUT2D eigenvalue weighted by Gasteiger charge is 2.30. The molecule has 186 valence electrons. The van der Waals surface area contributed by atoms with E-state index in [-0.39, 0.29) is 17.4 Å². The smallest absolute Gasteiger partial charge is 0.345 e. The minimum Gasteiger partial charge on any atom is -0.345 e. The number of aromatic amines is 1. The Morgan fingerprint density at radius 1 is 1.08 bits per heavy atom. The molecule has 0 radical (unpaired) electrons. The number of nitrogens with one attached hydrogen (secondary N) is 3. The maximum absolute atomic E-state index is 13.0. The van der Waals surface area contributed by atoms with Crippen molar-refractivity contribution >= 4 is 23.3 Å². The largest absolute Gasteiger partial charge is 0.416 e. The predicted molar refractivity (Wildman–Crippen MR) is 126 cm³/mol. The van der Waals surface area contributed by atoms with Crippen LogP contribution >= 0.6 is 0 Å². The molecule has 3 aromatic heterocycles. The number of fused-ring (bicyclic) bond motifs is 1. The van der Waals surface area contributed by atoms with Crippen LogP contribution in [0.15, 0.2) is 53.5 Å². The third-order valence-electron chi connectivity index (χ3n) is 5.42. The van der Waals surface area contributed by atoms with Crippen molar-refractivity contribution in [3.63, 3.8) is 0 Å². The molecule has 9 nitrogen and oxygen atoms in total. The van der Waals surface area contributed by atoms with Crippen LogP contribution in [0.25, 0.3) is 28.0 Å². The Morgan fingerprint density at radius 3 is 2.33 bits per heavy atom. The van der Waals surface area contributed by atoms with Crippen LogP contribution < -0.4 is 16.2 Å². The first-order valence-corrected chi connectivity index (χ1v) is 10.8. The van der Waals surface area contributed by atoms with E-state index < -0.39 is 29.2 Å². The minimum absolute atomic E-state index is 0.238. The van der Waals surface area contributed by atoms with E-state index in [1.807, 2.05) is 0 Å². The van der Waals surface area contributed by atoms with Gasteiger partial charge >= 0.3 is 6.18 Å². The summed E-state index contributed by atoms with van der Waals surface area (Å²) in [4.78, 5) is 44.8. The molecule has 3 N–H and O–H groups in total. The summed E-state index contributed by atoms with van der Waals surface area (Å²) in [6, 6.07) is 8.30. The number of pyridine rings is 1. The summed E-state index contributed by atoms with van der Waals surface area (Å²) in [7, 11) is 0. The second-order valence-electron chi connectivity index (χ2n) is 8.17. The number of hydrogen-bond donors (Lipinski definition) is 3. The third-order valence-corrected chi connectivity index (χ3v) is 5.42. The van der Waals surface area contributed by atoms with Gasteiger partial charge in [-0.25, -0.2) is 14.5 Å². The lowest BCUT2D eigenvalue weighted by molar-refractivity contribution is -0.137. The number of benzene rings is 1. The molecular formula is C24H21F3N6O3. The molecule has 12 heteroatoms. The lowest BCUT2D eigenvalue weighted by atomic mass is 10.0. The molecule has 0 saturated heterocycles. The number of nitrogens with zero attached hydrogens (tertiary/aromatic N) is 3. The molecule has 1 atom stereocenters. The minimum atomic E-state index is -4.46. The first-order chi connectivity index (χ1) is 16.9. The van der Waals surface area contributed by atoms with Crippen molar-refractivity contribution in [2.75, 3.05) is 5.32 Å². The molecule has 4 aromatic rings. The molecule has 4 rings (SSSR count). The molecule has 2 amide bonds. The molecule has 0 fully saturated rings. The quantitative estimate of drug-likeness (QED) is 0.389. The van der Waals surface area contributed by atoms with Gasteiger partial charge in [-0.05, 0) is 43.7 Å². The molecule has 1 aromatic carbocycles. The van der Waals surface area contributed by atoms with Crippen LogP contribution in [0, 0.1) is 6.92 Å². The van der Waals surface area contributed by atoms with Gasteiger partial charge in [-0.3, -0.25) is 19.5 Å². The topological polar surface area (TPSA) is 121 Å². The number of hydrogen-bond acceptors (Lipinski definition) is 5. The molecule has 0 bridgehead atoms. The molecule has 0 spiro atoms. The second-order valence-corrected chi connectivity index (χ2v) is 8.17. The second kappa shape index (κ2) is 9.29. The van der Waals surface area contributed by atoms with Crippen LogP contribution in [0.4, 0.5) is 19.0 Å². The van der Waals surface area contributed by atoms with Gasteiger partial charge in [0.1, 0.15) is 11.9 Å². The molecule has 0 aliphatic heterocycles. The summed E-state index contributed by atoms with van der Waals surface area (Å²) >= 11 is 0. The summed E-state index contributed by atoms with van der Waals surface area (Å²) in [5, 5.41) is 7.95. The van der Waals surface area contributed by atoms with Crippen molar-refractivity contribution in [3.05, 3.63) is 70.3 Å². The number of carbonyl (C=O) groups is 2. The SMILES string of the molecule is CC(=O)NC(C)C(=O)Nc1ccc(-c2cc(=O)n3[nH]c(C)c(-c4ccc(C(F)(F)F)cc4)c3n2)cn1. The molecule has 1 unspecified atom stereocenters. The zero-order chi connectivity index (χ0) is 26.2. The van der Waals surface area contributed by atoms with E-state index in [1.54, 1.807) is 13.0 Å². The Balaban J connectivity index is 1.67. The van der Waals surface area contributed by atoms with E-state index in [1.165, 1.54) is 48.8 Å². The first-order valence-electron chi connectivity index (χ1n) is 10.8. The van der Waals surface area contributed by atoms with Gasteiger partial charge in [0.25, 0.3) is 5.56 Å². The van der Waals surface area contributed by atoms with Crippen LogP contribution in [0.5, 0.6) is 0 Å². The van der Waals surface area contributed by atoms with Crippen molar-refractivity contribution in [1.29, 1.82) is 0 Å². The Labute approximate surface area is 202 Å². The van der Waals surface area contributed by atoms with E-state index in [4.69, 9.17) is 0 Å². The lowest BCUT2D eigenvalue weighted by Gasteiger charge is -2.12. The third kappa shape index (κ3) is 4.97. The number of amides is 2. The number of alkyl halides is 3. The summed E-state index contributed by atoms with van der Waals surface area (Å²) in [6.45, 7) is 4.53. The molecule has 0 aliphatic rings. The zero-order valence-corrected chi connectivity index (χ0v) is 19.4. The maximum atomic E-state index is 13.0. The number of H-pyrrole nitrogens is 1. The van der Waals surface area contributed by atoms with E-state index in [2.05, 4.69) is 25.7 Å². The fourth-order valence-electron chi connectivity index (χ4n) is 3.69. The number of aryl methyl sites for hydroxylation is 1. The molecule has 0 saturated carbocycles. The summed E-state index contributed by atoms with van der Waals surface area (Å²) < 4.78 is 40.1. The van der Waals surface area contributed by atoms with Gasteiger partial charge in [0, 0.05) is 36.0 Å². The number of anilines is 1. The van der Waals surface area contributed by atoms with Gasteiger partial charge < -0.3 is 10.6 Å². The number of aromatic nitrogens is 4. The molecule has 0 aliphatic carbocycles. The van der Waals surface area contributed by atoms with E-state index in [0.29, 0.717) is 28.1 Å². The standard InChI is InChI=1S/C24H21F3N6O3/c1-12-21(15-4-7-17(8-5-15)24(25,26)27)22-30-18(10-20(35)33(22)32-12)16-6-9-19(28-11-16)31-23(36)13(2)29-14(3)34/h4-11,13,32H,1-3H3,(H,29,34)(H,28,31,36). The Hall–Kier alpha value is -4.48. The highest BCUT2D eigenvalue weighted by Crippen LogP contribution is 2.33. The zero-order valence-electron chi connectivity index (χ0n) is 19.4. The van der Waals surface area contributed by atoms with Gasteiger partial charge in [0.2, 0.25) is 11.8 Å². The van der Waals surface area contributed by atoms with Gasteiger partial charge in [0.15, 0.2) is 5.65 Å². The average molecular weight is 498 g/mol. The van der Waals surface area contributed by atoms with Crippen LogP contribution in [0.3, 0.4) is 0 Å². The monoisotopic (exact) mass is 498 g/mol. The van der Waals surface area contributed by atoms with Crippen LogP contribution in [-0.2, 0) is 15.8 Å². The predicted octanol–water partition coefficient (Wildman–Crippen LogP) is 3.54. The highest BCUT2D eigenvalue weighted by molar-refractivity contribution is 5.96. The fourth-order valence-corrected chi connectivity index (χ4v) is 3.69. The Morgan fingerprint density at radius 2 is 1.75 bits per heavy atom. The molecular weight excluding hydrogens is 477 g/mol. The first kappa shape index (κ1) is 24.6. The lowest BCUT2D eigenvalue weighted by Crippen LogP contribution is -2.40. The normalized spacial score (nSPS) is 12.4. The fraction of sp³-hybridized carbons (Fsp3) is 0.208. The molecule has 36 heavy (non-hydrogen) atoms. The van der Waals surface area contributed by atoms with E-state index >= 15 is 0 Å². The average Bonchev–Trinajstić information content (AvgIpc) is 3.15. The van der Waals surface area contributed by atoms with Gasteiger partial charge in [0.05, 0.1) is 11.3 Å². The van der Waals surface area contributed by atoms with Crippen LogP contribution in [-0.4, -0.2) is 37.4 Å². The van der Waals surface area contributed by atoms with Crippen molar-refractivity contribution < 1.29 is 22.8 Å².